The maximum absolute atomic E-state index is 4.25. The molecule has 134 valence electrons. The summed E-state index contributed by atoms with van der Waals surface area (Å²) in [6, 6.07) is 22.3. The van der Waals surface area contributed by atoms with Crippen LogP contribution in [0, 0.1) is 0 Å². The molecule has 2 aromatic carbocycles. The topological polar surface area (TPSA) is 0 Å². The van der Waals surface area contributed by atoms with Gasteiger partial charge in [-0.25, -0.2) is 0 Å². The predicted octanol–water partition coefficient (Wildman–Crippen LogP) is 6.53. The van der Waals surface area contributed by atoms with Gasteiger partial charge in [0.1, 0.15) is 12.6 Å². The van der Waals surface area contributed by atoms with Crippen LogP contribution >= 0.6 is 0 Å². The van der Waals surface area contributed by atoms with E-state index in [4.69, 9.17) is 0 Å². The Morgan fingerprint density at radius 1 is 0.840 bits per heavy atom. The van der Waals surface area contributed by atoms with Gasteiger partial charge >= 0.3 is 0 Å². The highest BCUT2D eigenvalue weighted by atomic mass is 15.4. The van der Waals surface area contributed by atoms with Gasteiger partial charge in [-0.2, -0.15) is 0 Å². The van der Waals surface area contributed by atoms with Crippen molar-refractivity contribution >= 4 is 0 Å². The number of rotatable bonds is 11. The van der Waals surface area contributed by atoms with Crippen LogP contribution in [0.1, 0.15) is 56.7 Å². The van der Waals surface area contributed by atoms with Crippen molar-refractivity contribution in [3.63, 3.8) is 0 Å². The van der Waals surface area contributed by atoms with Crippen molar-refractivity contribution in [1.29, 1.82) is 0 Å². The first-order chi connectivity index (χ1) is 12.3. The van der Waals surface area contributed by atoms with E-state index in [0.717, 1.165) is 11.0 Å². The average Bonchev–Trinajstić information content (AvgIpc) is 2.67. The van der Waals surface area contributed by atoms with Crippen molar-refractivity contribution in [2.45, 2.75) is 52.1 Å². The Morgan fingerprint density at radius 2 is 1.36 bits per heavy atom. The summed E-state index contributed by atoms with van der Waals surface area (Å²) in [5.74, 6) is 0. The Kier molecular flexibility index (Phi) is 7.94. The molecule has 0 aliphatic rings. The van der Waals surface area contributed by atoms with Gasteiger partial charge in [0.05, 0.1) is 13.1 Å². The molecule has 0 amide bonds. The smallest absolute Gasteiger partial charge is 0.133 e. The second kappa shape index (κ2) is 10.2. The zero-order valence-corrected chi connectivity index (χ0v) is 16.0. The molecule has 0 heterocycles. The van der Waals surface area contributed by atoms with E-state index in [1.165, 1.54) is 49.9 Å². The van der Waals surface area contributed by atoms with Crippen LogP contribution in [0.4, 0.5) is 0 Å². The van der Waals surface area contributed by atoms with Crippen LogP contribution in [0.15, 0.2) is 73.3 Å². The third-order valence-corrected chi connectivity index (χ3v) is 5.21. The molecule has 0 aromatic heterocycles. The fourth-order valence-electron chi connectivity index (χ4n) is 3.87. The van der Waals surface area contributed by atoms with Crippen LogP contribution in [0.5, 0.6) is 0 Å². The summed E-state index contributed by atoms with van der Waals surface area (Å²) in [4.78, 5) is 0. The van der Waals surface area contributed by atoms with Crippen LogP contribution in [-0.2, 0) is 6.54 Å². The molecule has 0 saturated carbocycles. The lowest BCUT2D eigenvalue weighted by molar-refractivity contribution is -0.963. The summed E-state index contributed by atoms with van der Waals surface area (Å²) in [7, 11) is 0. The molecule has 1 nitrogen and oxygen atoms in total. The van der Waals surface area contributed by atoms with E-state index in [1.807, 2.05) is 0 Å². The van der Waals surface area contributed by atoms with Gasteiger partial charge in [-0.15, -0.1) is 0 Å². The van der Waals surface area contributed by atoms with Crippen LogP contribution in [0.3, 0.4) is 0 Å². The molecule has 0 spiro atoms. The van der Waals surface area contributed by atoms with Crippen LogP contribution in [0.25, 0.3) is 0 Å². The Balaban J connectivity index is 2.43. The zero-order valence-electron chi connectivity index (χ0n) is 16.0. The van der Waals surface area contributed by atoms with Crippen LogP contribution in [0.2, 0.25) is 0 Å². The Bertz CT molecular complexity index is 595. The first-order valence-electron chi connectivity index (χ1n) is 9.83. The van der Waals surface area contributed by atoms with Crippen molar-refractivity contribution in [2.75, 3.05) is 13.1 Å². The number of unbranched alkanes of at least 4 members (excludes halogenated alkanes) is 2. The lowest BCUT2D eigenvalue weighted by Gasteiger charge is -2.44. The van der Waals surface area contributed by atoms with E-state index in [-0.39, 0.29) is 0 Å². The molecule has 1 unspecified atom stereocenters. The number of nitrogens with zero attached hydrogens (tertiary/aromatic N) is 1. The van der Waals surface area contributed by atoms with E-state index >= 15 is 0 Å². The average molecular weight is 337 g/mol. The van der Waals surface area contributed by atoms with E-state index in [2.05, 4.69) is 87.2 Å². The maximum Gasteiger partial charge on any atom is 0.133 e. The van der Waals surface area contributed by atoms with Gasteiger partial charge in [0.2, 0.25) is 0 Å². The van der Waals surface area contributed by atoms with Gasteiger partial charge in [0.15, 0.2) is 0 Å². The van der Waals surface area contributed by atoms with Crippen molar-refractivity contribution in [1.82, 2.24) is 0 Å². The highest BCUT2D eigenvalue weighted by Gasteiger charge is 2.35. The molecule has 0 radical (unpaired) electrons. The summed E-state index contributed by atoms with van der Waals surface area (Å²) >= 11 is 0. The Labute approximate surface area is 154 Å². The quantitative estimate of drug-likeness (QED) is 0.323. The molecular weight excluding hydrogens is 302 g/mol. The number of hydrogen-bond acceptors (Lipinski definition) is 0. The van der Waals surface area contributed by atoms with Crippen LogP contribution in [-0.4, -0.2) is 17.6 Å². The van der Waals surface area contributed by atoms with Crippen molar-refractivity contribution < 1.29 is 4.48 Å². The van der Waals surface area contributed by atoms with Gasteiger partial charge < -0.3 is 4.48 Å². The maximum atomic E-state index is 4.25. The molecule has 0 fully saturated rings. The molecule has 0 saturated heterocycles. The van der Waals surface area contributed by atoms with E-state index < -0.39 is 0 Å². The van der Waals surface area contributed by atoms with E-state index in [9.17, 15) is 0 Å². The third kappa shape index (κ3) is 5.31. The molecule has 0 bridgehead atoms. The number of quaternary nitrogens is 1. The molecule has 2 rings (SSSR count). The van der Waals surface area contributed by atoms with E-state index in [1.54, 1.807) is 0 Å². The minimum atomic E-state index is 0.347. The Hall–Kier alpha value is -1.86. The summed E-state index contributed by atoms with van der Waals surface area (Å²) in [5.41, 5.74) is 2.82. The van der Waals surface area contributed by atoms with Gasteiger partial charge in [-0.1, -0.05) is 93.9 Å². The van der Waals surface area contributed by atoms with E-state index in [0.29, 0.717) is 6.04 Å². The van der Waals surface area contributed by atoms with Crippen molar-refractivity contribution in [2.24, 2.45) is 0 Å². The largest absolute Gasteiger partial charge is 0.310 e. The van der Waals surface area contributed by atoms with Gasteiger partial charge in [0, 0.05) is 11.1 Å². The molecule has 1 heteroatoms. The molecule has 2 aromatic rings. The van der Waals surface area contributed by atoms with Crippen molar-refractivity contribution in [3.05, 3.63) is 84.4 Å². The normalized spacial score (nSPS) is 12.7. The van der Waals surface area contributed by atoms with Gasteiger partial charge in [-0.05, 0) is 18.9 Å². The lowest BCUT2D eigenvalue weighted by atomic mass is 9.98. The first kappa shape index (κ1) is 19.5. The molecule has 0 aliphatic heterocycles. The fourth-order valence-corrected chi connectivity index (χ4v) is 3.87. The monoisotopic (exact) mass is 336 g/mol. The second-order valence-corrected chi connectivity index (χ2v) is 7.11. The second-order valence-electron chi connectivity index (χ2n) is 7.11. The summed E-state index contributed by atoms with van der Waals surface area (Å²) in [5, 5.41) is 0. The zero-order chi connectivity index (χ0) is 18.0. The first-order valence-corrected chi connectivity index (χ1v) is 9.83. The minimum absolute atomic E-state index is 0.347. The summed E-state index contributed by atoms with van der Waals surface area (Å²) in [6.45, 7) is 12.3. The molecule has 25 heavy (non-hydrogen) atoms. The lowest BCUT2D eigenvalue weighted by Crippen LogP contribution is -2.50. The molecule has 0 aliphatic carbocycles. The van der Waals surface area contributed by atoms with Crippen molar-refractivity contribution in [3.8, 4) is 0 Å². The molecule has 0 N–H and O–H groups in total. The highest BCUT2D eigenvalue weighted by molar-refractivity contribution is 5.21. The number of benzene rings is 2. The summed E-state index contributed by atoms with van der Waals surface area (Å²) in [6.07, 6.45) is 7.17. The van der Waals surface area contributed by atoms with Crippen LogP contribution < -0.4 is 0 Å². The minimum Gasteiger partial charge on any atom is -0.310 e. The summed E-state index contributed by atoms with van der Waals surface area (Å²) < 4.78 is 1.08. The SMILES string of the molecule is C=CC(c1ccccc1)[N+](CCCC)(CCCC)Cc1ccccc1. The highest BCUT2D eigenvalue weighted by Crippen LogP contribution is 2.34. The molecular formula is C24H34N+. The fraction of sp³-hybridized carbons (Fsp3) is 0.417. The predicted molar refractivity (Wildman–Crippen MR) is 109 cm³/mol. The number of hydrogen-bond donors (Lipinski definition) is 0. The Morgan fingerprint density at radius 3 is 1.84 bits per heavy atom. The molecule has 1 atom stereocenters. The standard InChI is InChI=1S/C24H34N/c1-4-7-19-25(20-8-5-2,21-22-15-11-9-12-16-22)24(6-3)23-17-13-10-14-18-23/h6,9-18,24H,3-5,7-8,19-21H2,1-2H3/q+1. The third-order valence-electron chi connectivity index (χ3n) is 5.21. The van der Waals surface area contributed by atoms with Gasteiger partial charge in [0.25, 0.3) is 0 Å². The van der Waals surface area contributed by atoms with Gasteiger partial charge in [-0.3, -0.25) is 0 Å².